The van der Waals surface area contributed by atoms with Crippen LogP contribution in [0.5, 0.6) is 0 Å². The van der Waals surface area contributed by atoms with E-state index in [0.29, 0.717) is 11.4 Å². The van der Waals surface area contributed by atoms with Gasteiger partial charge in [0.15, 0.2) is 0 Å². The van der Waals surface area contributed by atoms with Crippen LogP contribution in [0.25, 0.3) is 0 Å². The predicted molar refractivity (Wildman–Crippen MR) is 117 cm³/mol. The fourth-order valence-corrected chi connectivity index (χ4v) is 3.51. The first kappa shape index (κ1) is 21.1. The highest BCUT2D eigenvalue weighted by molar-refractivity contribution is 6.43. The maximum atomic E-state index is 12.7. The Balaban J connectivity index is 1.41. The molecule has 1 aliphatic heterocycles. The van der Waals surface area contributed by atoms with Crippen LogP contribution in [-0.2, 0) is 4.79 Å². The number of anilines is 2. The second kappa shape index (κ2) is 8.20. The van der Waals surface area contributed by atoms with Crippen molar-refractivity contribution < 1.29 is 19.2 Å². The molecule has 1 fully saturated rings. The SMILES string of the molecule is CC(C(=O)Nc1ccc(NC(=O)NC2CC2)cc1)N1C(=O)c2cc(Cl)c(Cl)cc2C1=O. The minimum Gasteiger partial charge on any atom is -0.335 e. The Hall–Kier alpha value is -3.10. The molecular weight excluding hydrogens is 443 g/mol. The Kier molecular flexibility index (Phi) is 5.60. The second-order valence-corrected chi connectivity index (χ2v) is 8.22. The summed E-state index contributed by atoms with van der Waals surface area (Å²) in [5.41, 5.74) is 1.24. The van der Waals surface area contributed by atoms with E-state index in [4.69, 9.17) is 23.2 Å². The van der Waals surface area contributed by atoms with E-state index < -0.39 is 23.8 Å². The van der Waals surface area contributed by atoms with Crippen molar-refractivity contribution >= 4 is 58.3 Å². The van der Waals surface area contributed by atoms with Gasteiger partial charge in [0.1, 0.15) is 6.04 Å². The Morgan fingerprint density at radius 1 is 0.935 bits per heavy atom. The number of benzene rings is 2. The van der Waals surface area contributed by atoms with Gasteiger partial charge < -0.3 is 16.0 Å². The molecule has 1 atom stereocenters. The zero-order valence-electron chi connectivity index (χ0n) is 16.4. The lowest BCUT2D eigenvalue weighted by Crippen LogP contribution is -2.45. The molecule has 3 N–H and O–H groups in total. The van der Waals surface area contributed by atoms with E-state index in [1.165, 1.54) is 19.1 Å². The van der Waals surface area contributed by atoms with Gasteiger partial charge in [-0.2, -0.15) is 0 Å². The molecule has 0 radical (unpaired) electrons. The molecule has 1 saturated carbocycles. The van der Waals surface area contributed by atoms with E-state index in [-0.39, 0.29) is 33.2 Å². The molecule has 10 heteroatoms. The Morgan fingerprint density at radius 3 is 1.90 bits per heavy atom. The maximum absolute atomic E-state index is 12.7. The van der Waals surface area contributed by atoms with Crippen LogP contribution in [0.2, 0.25) is 10.0 Å². The van der Waals surface area contributed by atoms with Crippen molar-refractivity contribution in [2.45, 2.75) is 31.8 Å². The van der Waals surface area contributed by atoms with Gasteiger partial charge in [-0.25, -0.2) is 4.79 Å². The summed E-state index contributed by atoms with van der Waals surface area (Å²) in [7, 11) is 0. The lowest BCUT2D eigenvalue weighted by Gasteiger charge is -2.21. The normalized spacial score (nSPS) is 16.0. The third-order valence-corrected chi connectivity index (χ3v) is 5.77. The minimum atomic E-state index is -1.06. The van der Waals surface area contributed by atoms with Crippen molar-refractivity contribution in [3.8, 4) is 0 Å². The van der Waals surface area contributed by atoms with Gasteiger partial charge in [-0.05, 0) is 56.2 Å². The number of carbonyl (C=O) groups is 4. The zero-order chi connectivity index (χ0) is 22.3. The van der Waals surface area contributed by atoms with E-state index in [2.05, 4.69) is 16.0 Å². The molecule has 160 valence electrons. The molecule has 8 nitrogen and oxygen atoms in total. The number of imide groups is 1. The molecule has 1 aliphatic carbocycles. The van der Waals surface area contributed by atoms with Crippen molar-refractivity contribution in [1.29, 1.82) is 0 Å². The van der Waals surface area contributed by atoms with Gasteiger partial charge in [-0.3, -0.25) is 19.3 Å². The third-order valence-electron chi connectivity index (χ3n) is 5.05. The topological polar surface area (TPSA) is 108 Å². The highest BCUT2D eigenvalue weighted by Crippen LogP contribution is 2.32. The molecule has 0 aromatic heterocycles. The van der Waals surface area contributed by atoms with Gasteiger partial charge in [-0.1, -0.05) is 23.2 Å². The van der Waals surface area contributed by atoms with Gasteiger partial charge in [0.2, 0.25) is 5.91 Å². The van der Waals surface area contributed by atoms with Crippen molar-refractivity contribution in [3.05, 3.63) is 57.6 Å². The van der Waals surface area contributed by atoms with E-state index in [1.807, 2.05) is 0 Å². The summed E-state index contributed by atoms with van der Waals surface area (Å²) >= 11 is 11.9. The first-order valence-corrected chi connectivity index (χ1v) is 10.4. The van der Waals surface area contributed by atoms with Crippen LogP contribution in [0.3, 0.4) is 0 Å². The fraction of sp³-hybridized carbons (Fsp3) is 0.238. The molecule has 0 bridgehead atoms. The predicted octanol–water partition coefficient (Wildman–Crippen LogP) is 3.90. The van der Waals surface area contributed by atoms with Crippen molar-refractivity contribution in [3.63, 3.8) is 0 Å². The van der Waals surface area contributed by atoms with Crippen molar-refractivity contribution in [2.75, 3.05) is 10.6 Å². The van der Waals surface area contributed by atoms with Crippen LogP contribution in [0.4, 0.5) is 16.2 Å². The van der Waals surface area contributed by atoms with E-state index >= 15 is 0 Å². The van der Waals surface area contributed by atoms with E-state index in [0.717, 1.165) is 17.7 Å². The van der Waals surface area contributed by atoms with Crippen molar-refractivity contribution in [2.24, 2.45) is 0 Å². The Labute approximate surface area is 187 Å². The number of carbonyl (C=O) groups excluding carboxylic acids is 4. The van der Waals surface area contributed by atoms with E-state index in [1.54, 1.807) is 24.3 Å². The zero-order valence-corrected chi connectivity index (χ0v) is 17.9. The average Bonchev–Trinajstić information content (AvgIpc) is 3.50. The fourth-order valence-electron chi connectivity index (χ4n) is 3.19. The largest absolute Gasteiger partial charge is 0.335 e. The van der Waals surface area contributed by atoms with Gasteiger partial charge in [0.05, 0.1) is 21.2 Å². The molecule has 2 aromatic carbocycles. The lowest BCUT2D eigenvalue weighted by atomic mass is 10.1. The molecule has 2 aliphatic rings. The summed E-state index contributed by atoms with van der Waals surface area (Å²) < 4.78 is 0. The highest BCUT2D eigenvalue weighted by atomic mass is 35.5. The molecule has 1 heterocycles. The average molecular weight is 461 g/mol. The molecule has 4 rings (SSSR count). The standard InChI is InChI=1S/C21H18Cl2N4O4/c1-10(27-19(29)14-8-16(22)17(23)9-15(14)20(27)30)18(28)24-11-2-4-12(5-3-11)25-21(31)26-13-6-7-13/h2-5,8-10,13H,6-7H2,1H3,(H,24,28)(H2,25,26,31). The summed E-state index contributed by atoms with van der Waals surface area (Å²) in [6, 6.07) is 8.06. The quantitative estimate of drug-likeness (QED) is 0.587. The number of urea groups is 1. The van der Waals surface area contributed by atoms with Crippen LogP contribution in [-0.4, -0.2) is 40.7 Å². The summed E-state index contributed by atoms with van der Waals surface area (Å²) in [4.78, 5) is 50.7. The van der Waals surface area contributed by atoms with Gasteiger partial charge in [0.25, 0.3) is 11.8 Å². The summed E-state index contributed by atoms with van der Waals surface area (Å²) in [5.74, 6) is -1.76. The highest BCUT2D eigenvalue weighted by Gasteiger charge is 2.41. The number of fused-ring (bicyclic) bond motifs is 1. The molecule has 2 aromatic rings. The van der Waals surface area contributed by atoms with Crippen LogP contribution in [0.1, 0.15) is 40.5 Å². The molecule has 1 unspecified atom stereocenters. The number of amides is 5. The Morgan fingerprint density at radius 2 is 1.42 bits per heavy atom. The number of nitrogens with one attached hydrogen (secondary N) is 3. The monoisotopic (exact) mass is 460 g/mol. The molecular formula is C21H18Cl2N4O4. The van der Waals surface area contributed by atoms with Gasteiger partial charge in [0, 0.05) is 17.4 Å². The van der Waals surface area contributed by atoms with Gasteiger partial charge in [-0.15, -0.1) is 0 Å². The van der Waals surface area contributed by atoms with Crippen LogP contribution in [0.15, 0.2) is 36.4 Å². The minimum absolute atomic E-state index is 0.110. The summed E-state index contributed by atoms with van der Waals surface area (Å²) in [5, 5.41) is 8.49. The number of hydrogen-bond acceptors (Lipinski definition) is 4. The number of halogens is 2. The molecule has 31 heavy (non-hydrogen) atoms. The maximum Gasteiger partial charge on any atom is 0.319 e. The molecule has 0 saturated heterocycles. The lowest BCUT2D eigenvalue weighted by molar-refractivity contribution is -0.119. The van der Waals surface area contributed by atoms with Crippen molar-refractivity contribution in [1.82, 2.24) is 10.2 Å². The summed E-state index contributed by atoms with van der Waals surface area (Å²) in [6.07, 6.45) is 1.98. The van der Waals surface area contributed by atoms with Crippen LogP contribution in [0, 0.1) is 0 Å². The Bertz CT molecular complexity index is 1060. The second-order valence-electron chi connectivity index (χ2n) is 7.41. The molecule has 0 spiro atoms. The third kappa shape index (κ3) is 4.35. The first-order chi connectivity index (χ1) is 14.7. The van der Waals surface area contributed by atoms with Crippen LogP contribution >= 0.6 is 23.2 Å². The number of rotatable bonds is 5. The van der Waals surface area contributed by atoms with Gasteiger partial charge >= 0.3 is 6.03 Å². The number of hydrogen-bond donors (Lipinski definition) is 3. The van der Waals surface area contributed by atoms with Crippen LogP contribution < -0.4 is 16.0 Å². The smallest absolute Gasteiger partial charge is 0.319 e. The van der Waals surface area contributed by atoms with E-state index in [9.17, 15) is 19.2 Å². The first-order valence-electron chi connectivity index (χ1n) is 9.60. The molecule has 5 amide bonds. The number of nitrogens with zero attached hydrogens (tertiary/aromatic N) is 1. The summed E-state index contributed by atoms with van der Waals surface area (Å²) in [6.45, 7) is 1.46.